The van der Waals surface area contributed by atoms with Crippen LogP contribution in [0.1, 0.15) is 0 Å². The van der Waals surface area contributed by atoms with Gasteiger partial charge in [0.1, 0.15) is 0 Å². The van der Waals surface area contributed by atoms with Crippen LogP contribution in [0.25, 0.3) is 72.1 Å². The van der Waals surface area contributed by atoms with E-state index in [-0.39, 0.29) is 5.56 Å². The molecule has 0 aliphatic heterocycles. The highest BCUT2D eigenvalue weighted by Crippen LogP contribution is 2.39. The minimum Gasteiger partial charge on any atom is -0.275 e. The Balaban J connectivity index is 1.50. The first-order valence-corrected chi connectivity index (χ1v) is 12.9. The van der Waals surface area contributed by atoms with Gasteiger partial charge in [-0.3, -0.25) is 9.20 Å². The van der Waals surface area contributed by atoms with Gasteiger partial charge in [-0.1, -0.05) is 109 Å². The first kappa shape index (κ1) is 21.6. The summed E-state index contributed by atoms with van der Waals surface area (Å²) < 4.78 is 1.85. The molecule has 0 spiro atoms. The van der Waals surface area contributed by atoms with Crippen molar-refractivity contribution >= 4 is 38.0 Å². The molecule has 0 bridgehead atoms. The van der Waals surface area contributed by atoms with Gasteiger partial charge in [-0.15, -0.1) is 0 Å². The lowest BCUT2D eigenvalue weighted by Gasteiger charge is -2.09. The Morgan fingerprint density at radius 1 is 0.462 bits per heavy atom. The minimum atomic E-state index is -0.0213. The molecule has 0 fully saturated rings. The van der Waals surface area contributed by atoms with Crippen LogP contribution in [0.4, 0.5) is 0 Å². The van der Waals surface area contributed by atoms with E-state index in [1.165, 1.54) is 0 Å². The first-order chi connectivity index (χ1) is 19.3. The van der Waals surface area contributed by atoms with Gasteiger partial charge >= 0.3 is 0 Å². The van der Waals surface area contributed by atoms with Crippen LogP contribution in [0.5, 0.6) is 0 Å². The average molecular weight is 501 g/mol. The van der Waals surface area contributed by atoms with Crippen LogP contribution in [0.3, 0.4) is 0 Å². The standard InChI is InChI=1S/C34H20N4O/c39-34-25-16-8-7-15-23(25)24-17-9-18-26-29-27(19-10-20-28(29)38(34)30(24)26)33-36-31(21-11-3-1-4-12-21)35-32(37-33)22-13-5-2-6-14-22/h1-20H. The van der Waals surface area contributed by atoms with Gasteiger partial charge in [-0.2, -0.15) is 0 Å². The Hall–Kier alpha value is -5.42. The maximum Gasteiger partial charge on any atom is 0.263 e. The Bertz CT molecular complexity index is 2180. The predicted molar refractivity (Wildman–Crippen MR) is 157 cm³/mol. The summed E-state index contributed by atoms with van der Waals surface area (Å²) in [6.07, 6.45) is 0. The van der Waals surface area contributed by atoms with E-state index in [1.807, 2.05) is 108 Å². The number of rotatable bonds is 3. The Kier molecular flexibility index (Phi) is 4.60. The molecule has 0 amide bonds. The van der Waals surface area contributed by atoms with E-state index in [0.29, 0.717) is 22.9 Å². The first-order valence-electron chi connectivity index (χ1n) is 12.9. The largest absolute Gasteiger partial charge is 0.275 e. The molecule has 8 rings (SSSR count). The van der Waals surface area contributed by atoms with E-state index in [0.717, 1.165) is 49.3 Å². The molecule has 0 saturated carbocycles. The molecule has 39 heavy (non-hydrogen) atoms. The monoisotopic (exact) mass is 500 g/mol. The molecule has 0 aliphatic carbocycles. The van der Waals surface area contributed by atoms with Gasteiger partial charge in [0, 0.05) is 38.2 Å². The number of benzene rings is 5. The van der Waals surface area contributed by atoms with E-state index in [2.05, 4.69) is 18.2 Å². The molecule has 3 aromatic heterocycles. The molecule has 5 heteroatoms. The summed E-state index contributed by atoms with van der Waals surface area (Å²) >= 11 is 0. The maximum absolute atomic E-state index is 13.8. The zero-order valence-electron chi connectivity index (χ0n) is 20.7. The van der Waals surface area contributed by atoms with E-state index in [9.17, 15) is 4.79 Å². The molecule has 5 nitrogen and oxygen atoms in total. The van der Waals surface area contributed by atoms with Crippen LogP contribution in [-0.2, 0) is 0 Å². The summed E-state index contributed by atoms with van der Waals surface area (Å²) in [6, 6.07) is 40.0. The van der Waals surface area contributed by atoms with Crippen LogP contribution < -0.4 is 5.56 Å². The number of para-hydroxylation sites is 1. The van der Waals surface area contributed by atoms with Crippen molar-refractivity contribution in [2.45, 2.75) is 0 Å². The summed E-state index contributed by atoms with van der Waals surface area (Å²) in [4.78, 5) is 28.6. The van der Waals surface area contributed by atoms with E-state index in [4.69, 9.17) is 15.0 Å². The van der Waals surface area contributed by atoms with Gasteiger partial charge < -0.3 is 0 Å². The van der Waals surface area contributed by atoms with Gasteiger partial charge in [-0.05, 0) is 17.5 Å². The zero-order chi connectivity index (χ0) is 25.9. The van der Waals surface area contributed by atoms with Gasteiger partial charge in [0.05, 0.1) is 11.0 Å². The molecule has 5 aromatic carbocycles. The Morgan fingerprint density at radius 3 is 1.69 bits per heavy atom. The lowest BCUT2D eigenvalue weighted by atomic mass is 10.0. The fourth-order valence-corrected chi connectivity index (χ4v) is 5.68. The third kappa shape index (κ3) is 3.20. The number of aromatic nitrogens is 4. The smallest absolute Gasteiger partial charge is 0.263 e. The number of pyridine rings is 1. The number of nitrogens with zero attached hydrogens (tertiary/aromatic N) is 4. The van der Waals surface area contributed by atoms with Crippen LogP contribution in [0, 0.1) is 0 Å². The predicted octanol–water partition coefficient (Wildman–Crippen LogP) is 7.38. The molecule has 182 valence electrons. The van der Waals surface area contributed by atoms with Crippen molar-refractivity contribution in [1.29, 1.82) is 0 Å². The Labute approximate surface area is 223 Å². The lowest BCUT2D eigenvalue weighted by molar-refractivity contribution is 1.08. The van der Waals surface area contributed by atoms with Crippen LogP contribution >= 0.6 is 0 Å². The second kappa shape index (κ2) is 8.30. The van der Waals surface area contributed by atoms with E-state index < -0.39 is 0 Å². The fourth-order valence-electron chi connectivity index (χ4n) is 5.68. The quantitative estimate of drug-likeness (QED) is 0.237. The summed E-state index contributed by atoms with van der Waals surface area (Å²) in [7, 11) is 0. The fraction of sp³-hybridized carbons (Fsp3) is 0. The van der Waals surface area contributed by atoms with Crippen molar-refractivity contribution in [3.8, 4) is 34.2 Å². The lowest BCUT2D eigenvalue weighted by Crippen LogP contribution is -2.12. The van der Waals surface area contributed by atoms with E-state index in [1.54, 1.807) is 0 Å². The van der Waals surface area contributed by atoms with Gasteiger partial charge in [-0.25, -0.2) is 15.0 Å². The second-order valence-corrected chi connectivity index (χ2v) is 9.63. The summed E-state index contributed by atoms with van der Waals surface area (Å²) in [6.45, 7) is 0. The highest BCUT2D eigenvalue weighted by molar-refractivity contribution is 6.22. The number of hydrogen-bond acceptors (Lipinski definition) is 4. The van der Waals surface area contributed by atoms with Crippen molar-refractivity contribution in [2.24, 2.45) is 0 Å². The highest BCUT2D eigenvalue weighted by atomic mass is 16.1. The molecule has 0 N–H and O–H groups in total. The molecular formula is C34H20N4O. The third-order valence-corrected chi connectivity index (χ3v) is 7.40. The maximum atomic E-state index is 13.8. The summed E-state index contributed by atoms with van der Waals surface area (Å²) in [5.74, 6) is 1.78. The summed E-state index contributed by atoms with van der Waals surface area (Å²) in [5, 5.41) is 4.68. The van der Waals surface area contributed by atoms with Crippen LogP contribution in [-0.4, -0.2) is 19.4 Å². The highest BCUT2D eigenvalue weighted by Gasteiger charge is 2.21. The molecule has 0 saturated heterocycles. The number of hydrogen-bond donors (Lipinski definition) is 0. The average Bonchev–Trinajstić information content (AvgIpc) is 3.36. The van der Waals surface area contributed by atoms with Crippen molar-refractivity contribution in [3.05, 3.63) is 132 Å². The van der Waals surface area contributed by atoms with Gasteiger partial charge in [0.25, 0.3) is 5.56 Å². The molecular weight excluding hydrogens is 480 g/mol. The topological polar surface area (TPSA) is 60.2 Å². The normalized spacial score (nSPS) is 11.7. The molecule has 8 aromatic rings. The van der Waals surface area contributed by atoms with Crippen LogP contribution in [0.15, 0.2) is 126 Å². The molecule has 0 radical (unpaired) electrons. The SMILES string of the molecule is O=c1c2ccccc2c2cccc3c4c(-c5nc(-c6ccccc6)nc(-c6ccccc6)n5)cccc4n1c23. The van der Waals surface area contributed by atoms with Crippen molar-refractivity contribution in [3.63, 3.8) is 0 Å². The second-order valence-electron chi connectivity index (χ2n) is 9.63. The van der Waals surface area contributed by atoms with Gasteiger partial charge in [0.15, 0.2) is 17.5 Å². The zero-order valence-corrected chi connectivity index (χ0v) is 20.7. The molecule has 0 unspecified atom stereocenters. The molecule has 3 heterocycles. The third-order valence-electron chi connectivity index (χ3n) is 7.40. The van der Waals surface area contributed by atoms with Crippen molar-refractivity contribution in [1.82, 2.24) is 19.4 Å². The van der Waals surface area contributed by atoms with Crippen LogP contribution in [0.2, 0.25) is 0 Å². The molecule has 0 atom stereocenters. The van der Waals surface area contributed by atoms with Crippen molar-refractivity contribution in [2.75, 3.05) is 0 Å². The summed E-state index contributed by atoms with van der Waals surface area (Å²) in [5.41, 5.74) is 4.44. The van der Waals surface area contributed by atoms with Crippen molar-refractivity contribution < 1.29 is 0 Å². The Morgan fingerprint density at radius 2 is 1.00 bits per heavy atom. The van der Waals surface area contributed by atoms with E-state index >= 15 is 0 Å². The minimum absolute atomic E-state index is 0.0213. The number of fused-ring (bicyclic) bond motifs is 5. The molecule has 0 aliphatic rings. The van der Waals surface area contributed by atoms with Gasteiger partial charge in [0.2, 0.25) is 0 Å².